The molecule has 0 saturated heterocycles. The Balaban J connectivity index is 1.23. The Labute approximate surface area is 295 Å². The number of hydrogen-bond donors (Lipinski definition) is 2. The molecule has 0 aliphatic carbocycles. The lowest BCUT2D eigenvalue weighted by atomic mass is 9.91. The van der Waals surface area contributed by atoms with E-state index in [9.17, 15) is 0 Å². The first kappa shape index (κ1) is 31.3. The Morgan fingerprint density at radius 2 is 1.12 bits per heavy atom. The largest absolute Gasteiger partial charge is 0.398 e. The lowest BCUT2D eigenvalue weighted by Gasteiger charge is -2.19. The summed E-state index contributed by atoms with van der Waals surface area (Å²) in [5, 5.41) is 2.39. The molecule has 0 aliphatic rings. The quantitative estimate of drug-likeness (QED) is 0.169. The summed E-state index contributed by atoms with van der Waals surface area (Å²) in [4.78, 5) is 15.0. The van der Waals surface area contributed by atoms with Crippen LogP contribution in [0.5, 0.6) is 0 Å². The summed E-state index contributed by atoms with van der Waals surface area (Å²) >= 11 is 1.81. The molecule has 242 valence electrons. The van der Waals surface area contributed by atoms with Gasteiger partial charge in [-0.1, -0.05) is 146 Å². The lowest BCUT2D eigenvalue weighted by molar-refractivity contribution is 0.567. The van der Waals surface area contributed by atoms with Gasteiger partial charge in [0, 0.05) is 54.2 Å². The smallest absolute Gasteiger partial charge is 0.164 e. The highest BCUT2D eigenvalue weighted by molar-refractivity contribution is 7.26. The molecule has 4 N–H and O–H groups in total. The molecule has 2 aromatic heterocycles. The molecule has 2 heterocycles. The van der Waals surface area contributed by atoms with Gasteiger partial charge < -0.3 is 11.5 Å². The van der Waals surface area contributed by atoms with E-state index in [0.717, 1.165) is 44.6 Å². The van der Waals surface area contributed by atoms with E-state index in [1.54, 1.807) is 0 Å². The Morgan fingerprint density at radius 3 is 1.74 bits per heavy atom. The molecule has 0 amide bonds. The molecule has 5 nitrogen and oxygen atoms in total. The first-order valence-electron chi connectivity index (χ1n) is 16.7. The molecule has 0 fully saturated rings. The van der Waals surface area contributed by atoms with Crippen LogP contribution in [0.4, 0.5) is 0 Å². The first-order chi connectivity index (χ1) is 24.5. The maximum atomic E-state index is 6.80. The maximum absolute atomic E-state index is 6.80. The second kappa shape index (κ2) is 13.5. The highest BCUT2D eigenvalue weighted by Gasteiger charge is 2.19. The van der Waals surface area contributed by atoms with Gasteiger partial charge in [0.1, 0.15) is 0 Å². The molecule has 0 bridgehead atoms. The number of benzene rings is 6. The summed E-state index contributed by atoms with van der Waals surface area (Å²) in [6.07, 6.45) is 2.06. The van der Waals surface area contributed by atoms with Gasteiger partial charge in [0.2, 0.25) is 0 Å². The minimum atomic E-state index is -0.208. The molecule has 0 aliphatic heterocycles. The van der Waals surface area contributed by atoms with Crippen LogP contribution < -0.4 is 11.5 Å². The number of nitrogens with zero attached hydrogens (tertiary/aromatic N) is 3. The van der Waals surface area contributed by atoms with Crippen molar-refractivity contribution in [3.63, 3.8) is 0 Å². The van der Waals surface area contributed by atoms with Crippen molar-refractivity contribution >= 4 is 37.2 Å². The van der Waals surface area contributed by atoms with Crippen molar-refractivity contribution < 1.29 is 0 Å². The van der Waals surface area contributed by atoms with Crippen LogP contribution in [0.3, 0.4) is 0 Å². The molecule has 2 unspecified atom stereocenters. The fourth-order valence-corrected chi connectivity index (χ4v) is 7.63. The standard InChI is InChI=1S/C44H35N5S/c1-28(25-38(45)30-13-5-2-6-14-30)40(46)31-23-21-29(22-24-31)36-26-34(27-37-35-19-11-12-20-39(35)50-41(36)37)44-48-42(32-15-7-3-8-16-32)47-43(49-44)33-17-9-4-10-18-33/h2-28,40H,45-46H2,1H3/b38-25-. The normalized spacial score (nSPS) is 13.0. The van der Waals surface area contributed by atoms with Crippen LogP contribution in [0.25, 0.3) is 71.2 Å². The summed E-state index contributed by atoms with van der Waals surface area (Å²) in [6, 6.07) is 51.6. The first-order valence-corrected chi connectivity index (χ1v) is 17.5. The van der Waals surface area contributed by atoms with E-state index in [2.05, 4.69) is 73.7 Å². The summed E-state index contributed by atoms with van der Waals surface area (Å²) in [5.41, 5.74) is 21.1. The van der Waals surface area contributed by atoms with E-state index in [0.29, 0.717) is 17.5 Å². The number of rotatable bonds is 8. The summed E-state index contributed by atoms with van der Waals surface area (Å²) < 4.78 is 2.46. The minimum Gasteiger partial charge on any atom is -0.398 e. The molecule has 6 aromatic carbocycles. The molecule has 0 spiro atoms. The fraction of sp³-hybridized carbons (Fsp3) is 0.0682. The molecule has 2 atom stereocenters. The van der Waals surface area contributed by atoms with E-state index in [-0.39, 0.29) is 12.0 Å². The molecular formula is C44H35N5S. The molecule has 0 radical (unpaired) electrons. The van der Waals surface area contributed by atoms with Crippen LogP contribution in [-0.4, -0.2) is 15.0 Å². The van der Waals surface area contributed by atoms with Gasteiger partial charge in [-0.15, -0.1) is 11.3 Å². The van der Waals surface area contributed by atoms with E-state index in [1.807, 2.05) is 102 Å². The monoisotopic (exact) mass is 665 g/mol. The van der Waals surface area contributed by atoms with Crippen LogP contribution in [-0.2, 0) is 0 Å². The number of nitrogens with two attached hydrogens (primary N) is 2. The van der Waals surface area contributed by atoms with Crippen LogP contribution >= 0.6 is 11.3 Å². The minimum absolute atomic E-state index is 0.0418. The molecule has 0 saturated carbocycles. The number of aromatic nitrogens is 3. The zero-order chi connectivity index (χ0) is 34.0. The third kappa shape index (κ3) is 6.18. The van der Waals surface area contributed by atoms with Crippen molar-refractivity contribution in [1.29, 1.82) is 0 Å². The number of hydrogen-bond acceptors (Lipinski definition) is 6. The van der Waals surface area contributed by atoms with Gasteiger partial charge in [0.25, 0.3) is 0 Å². The van der Waals surface area contributed by atoms with Crippen molar-refractivity contribution in [3.8, 4) is 45.3 Å². The number of thiophene rings is 1. The summed E-state index contributed by atoms with van der Waals surface area (Å²) in [6.45, 7) is 2.11. The zero-order valence-electron chi connectivity index (χ0n) is 27.6. The average Bonchev–Trinajstić information content (AvgIpc) is 3.57. The highest BCUT2D eigenvalue weighted by Crippen LogP contribution is 2.43. The van der Waals surface area contributed by atoms with E-state index >= 15 is 0 Å². The summed E-state index contributed by atoms with van der Waals surface area (Å²) in [5.74, 6) is 1.95. The second-order valence-corrected chi connectivity index (χ2v) is 13.6. The Morgan fingerprint density at radius 1 is 0.580 bits per heavy atom. The third-order valence-corrected chi connectivity index (χ3v) is 10.4. The third-order valence-electron chi connectivity index (χ3n) is 9.16. The van der Waals surface area contributed by atoms with Crippen LogP contribution in [0.1, 0.15) is 24.1 Å². The summed E-state index contributed by atoms with van der Waals surface area (Å²) in [7, 11) is 0. The van der Waals surface area contributed by atoms with E-state index < -0.39 is 0 Å². The van der Waals surface area contributed by atoms with E-state index in [1.165, 1.54) is 20.2 Å². The maximum Gasteiger partial charge on any atom is 0.164 e. The van der Waals surface area contributed by atoms with Crippen molar-refractivity contribution in [2.75, 3.05) is 0 Å². The average molecular weight is 666 g/mol. The predicted molar refractivity (Wildman–Crippen MR) is 209 cm³/mol. The van der Waals surface area contributed by atoms with Gasteiger partial charge in [0.15, 0.2) is 17.5 Å². The molecule has 8 rings (SSSR count). The van der Waals surface area contributed by atoms with Crippen LogP contribution in [0, 0.1) is 5.92 Å². The van der Waals surface area contributed by atoms with Gasteiger partial charge in [-0.25, -0.2) is 15.0 Å². The van der Waals surface area contributed by atoms with E-state index in [4.69, 9.17) is 26.4 Å². The van der Waals surface area contributed by atoms with Gasteiger partial charge in [-0.05, 0) is 40.8 Å². The van der Waals surface area contributed by atoms with Crippen molar-refractivity contribution in [2.45, 2.75) is 13.0 Å². The Kier molecular flexibility index (Phi) is 8.47. The second-order valence-electron chi connectivity index (χ2n) is 12.5. The Hall–Kier alpha value is -5.95. The van der Waals surface area contributed by atoms with Gasteiger partial charge in [-0.2, -0.15) is 0 Å². The predicted octanol–water partition coefficient (Wildman–Crippen LogP) is 10.5. The van der Waals surface area contributed by atoms with Crippen LogP contribution in [0.15, 0.2) is 158 Å². The van der Waals surface area contributed by atoms with Crippen molar-refractivity contribution in [3.05, 3.63) is 169 Å². The van der Waals surface area contributed by atoms with Crippen molar-refractivity contribution in [2.24, 2.45) is 17.4 Å². The Bertz CT molecular complexity index is 2400. The number of fused-ring (bicyclic) bond motifs is 3. The van der Waals surface area contributed by atoms with Crippen LogP contribution in [0.2, 0.25) is 0 Å². The molecule has 50 heavy (non-hydrogen) atoms. The SMILES string of the molecule is CC(/C=C(\N)c1ccccc1)C(N)c1ccc(-c2cc(-c3nc(-c4ccccc4)nc(-c4ccccc4)n3)cc3c2sc2ccccc23)cc1. The topological polar surface area (TPSA) is 90.7 Å². The lowest BCUT2D eigenvalue weighted by Crippen LogP contribution is -2.18. The van der Waals surface area contributed by atoms with Gasteiger partial charge >= 0.3 is 0 Å². The molecular weight excluding hydrogens is 631 g/mol. The highest BCUT2D eigenvalue weighted by atomic mass is 32.1. The van der Waals surface area contributed by atoms with Gasteiger partial charge in [-0.3, -0.25) is 0 Å². The molecule has 8 aromatic rings. The zero-order valence-corrected chi connectivity index (χ0v) is 28.4. The van der Waals surface area contributed by atoms with Crippen molar-refractivity contribution in [1.82, 2.24) is 15.0 Å². The van der Waals surface area contributed by atoms with Gasteiger partial charge in [0.05, 0.1) is 0 Å². The fourth-order valence-electron chi connectivity index (χ4n) is 6.41. The molecule has 6 heteroatoms.